The Labute approximate surface area is 166 Å². The molecule has 0 bridgehead atoms. The lowest BCUT2D eigenvalue weighted by atomic mass is 10.1. The van der Waals surface area contributed by atoms with Crippen LogP contribution in [0.3, 0.4) is 0 Å². The number of phenols is 1. The van der Waals surface area contributed by atoms with Gasteiger partial charge in [-0.2, -0.15) is 0 Å². The summed E-state index contributed by atoms with van der Waals surface area (Å²) in [4.78, 5) is 16.9. The molecule has 0 spiro atoms. The molecular formula is C22H28N2O4. The fraction of sp³-hybridized carbons (Fsp3) is 0.409. The largest absolute Gasteiger partial charge is 0.508 e. The number of hydrogen-bond acceptors (Lipinski definition) is 5. The van der Waals surface area contributed by atoms with Crippen LogP contribution in [0.4, 0.5) is 0 Å². The Balaban J connectivity index is 1.65. The smallest absolute Gasteiger partial charge is 0.253 e. The van der Waals surface area contributed by atoms with Gasteiger partial charge in [-0.25, -0.2) is 0 Å². The standard InChI is InChI=1S/C22H28N2O4/c1-2-28-21-9-3-17(4-10-21)15-23-12-13-24(16-19(23)11-14-25)22(27)18-5-7-20(26)8-6-18/h3-10,19,25-26H,2,11-16H2,1H3/t19-/m1/s1. The summed E-state index contributed by atoms with van der Waals surface area (Å²) in [5.41, 5.74) is 1.75. The van der Waals surface area contributed by atoms with Gasteiger partial charge >= 0.3 is 0 Å². The summed E-state index contributed by atoms with van der Waals surface area (Å²) < 4.78 is 5.49. The van der Waals surface area contributed by atoms with E-state index < -0.39 is 0 Å². The zero-order chi connectivity index (χ0) is 19.9. The number of carbonyl (C=O) groups excluding carboxylic acids is 1. The Morgan fingerprint density at radius 1 is 1.11 bits per heavy atom. The molecule has 1 atom stereocenters. The molecule has 2 N–H and O–H groups in total. The van der Waals surface area contributed by atoms with Crippen molar-refractivity contribution in [1.82, 2.24) is 9.80 Å². The first-order valence-electron chi connectivity index (χ1n) is 9.75. The fourth-order valence-electron chi connectivity index (χ4n) is 3.59. The molecule has 0 unspecified atom stereocenters. The number of nitrogens with zero attached hydrogens (tertiary/aromatic N) is 2. The van der Waals surface area contributed by atoms with Crippen molar-refractivity contribution in [1.29, 1.82) is 0 Å². The van der Waals surface area contributed by atoms with Crippen LogP contribution in [0, 0.1) is 0 Å². The van der Waals surface area contributed by atoms with E-state index >= 15 is 0 Å². The average Bonchev–Trinajstić information content (AvgIpc) is 2.71. The first-order chi connectivity index (χ1) is 13.6. The van der Waals surface area contributed by atoms with E-state index in [1.165, 1.54) is 17.7 Å². The lowest BCUT2D eigenvalue weighted by Gasteiger charge is -2.41. The first-order valence-corrected chi connectivity index (χ1v) is 9.75. The minimum atomic E-state index is -0.0383. The molecule has 28 heavy (non-hydrogen) atoms. The maximum absolute atomic E-state index is 12.8. The molecule has 1 saturated heterocycles. The van der Waals surface area contributed by atoms with Crippen molar-refractivity contribution in [2.24, 2.45) is 0 Å². The monoisotopic (exact) mass is 384 g/mol. The molecule has 1 heterocycles. The number of hydrogen-bond donors (Lipinski definition) is 2. The van der Waals surface area contributed by atoms with Crippen molar-refractivity contribution in [3.63, 3.8) is 0 Å². The number of carbonyl (C=O) groups is 1. The molecule has 1 aliphatic rings. The third-order valence-electron chi connectivity index (χ3n) is 5.09. The molecule has 1 aliphatic heterocycles. The summed E-state index contributed by atoms with van der Waals surface area (Å²) in [7, 11) is 0. The molecule has 150 valence electrons. The highest BCUT2D eigenvalue weighted by Crippen LogP contribution is 2.20. The van der Waals surface area contributed by atoms with Gasteiger partial charge in [-0.05, 0) is 55.3 Å². The van der Waals surface area contributed by atoms with E-state index in [0.717, 1.165) is 18.8 Å². The SMILES string of the molecule is CCOc1ccc(CN2CCN(C(=O)c3ccc(O)cc3)C[C@H]2CCO)cc1. The topological polar surface area (TPSA) is 73.2 Å². The van der Waals surface area contributed by atoms with Gasteiger partial charge in [0.15, 0.2) is 0 Å². The summed E-state index contributed by atoms with van der Waals surface area (Å²) in [6.45, 7) is 5.45. The Kier molecular flexibility index (Phi) is 6.90. The molecule has 2 aromatic rings. The van der Waals surface area contributed by atoms with Crippen LogP contribution in [-0.4, -0.2) is 64.8 Å². The predicted molar refractivity (Wildman–Crippen MR) is 108 cm³/mol. The van der Waals surface area contributed by atoms with Gasteiger partial charge in [0.25, 0.3) is 5.91 Å². The minimum absolute atomic E-state index is 0.0383. The second-order valence-electron chi connectivity index (χ2n) is 7.01. The summed E-state index contributed by atoms with van der Waals surface area (Å²) in [5, 5.41) is 18.9. The number of phenolic OH excluding ortho intramolecular Hbond substituents is 1. The van der Waals surface area contributed by atoms with Crippen molar-refractivity contribution in [3.8, 4) is 11.5 Å². The molecule has 0 aliphatic carbocycles. The lowest BCUT2D eigenvalue weighted by Crippen LogP contribution is -2.54. The van der Waals surface area contributed by atoms with E-state index in [0.29, 0.717) is 31.7 Å². The second kappa shape index (κ2) is 9.57. The molecule has 3 rings (SSSR count). The third kappa shape index (κ3) is 5.03. The van der Waals surface area contributed by atoms with Crippen LogP contribution in [0.2, 0.25) is 0 Å². The van der Waals surface area contributed by atoms with E-state index in [4.69, 9.17) is 4.74 Å². The van der Waals surface area contributed by atoms with Crippen LogP contribution in [0.25, 0.3) is 0 Å². The van der Waals surface area contributed by atoms with Gasteiger partial charge < -0.3 is 19.8 Å². The number of aliphatic hydroxyl groups is 1. The molecule has 1 fully saturated rings. The van der Waals surface area contributed by atoms with Gasteiger partial charge in [-0.1, -0.05) is 12.1 Å². The summed E-state index contributed by atoms with van der Waals surface area (Å²) in [6, 6.07) is 14.5. The van der Waals surface area contributed by atoms with E-state index in [2.05, 4.69) is 17.0 Å². The lowest BCUT2D eigenvalue weighted by molar-refractivity contribution is 0.0395. The fourth-order valence-corrected chi connectivity index (χ4v) is 3.59. The van der Waals surface area contributed by atoms with Crippen molar-refractivity contribution < 1.29 is 19.7 Å². The third-order valence-corrected chi connectivity index (χ3v) is 5.09. The molecule has 6 heteroatoms. The van der Waals surface area contributed by atoms with Crippen LogP contribution in [-0.2, 0) is 6.54 Å². The number of piperazine rings is 1. The molecular weight excluding hydrogens is 356 g/mol. The van der Waals surface area contributed by atoms with Crippen molar-refractivity contribution in [2.45, 2.75) is 25.9 Å². The van der Waals surface area contributed by atoms with Gasteiger partial charge in [-0.3, -0.25) is 9.69 Å². The Morgan fingerprint density at radius 3 is 2.46 bits per heavy atom. The van der Waals surface area contributed by atoms with Crippen molar-refractivity contribution in [2.75, 3.05) is 32.8 Å². The molecule has 2 aromatic carbocycles. The molecule has 6 nitrogen and oxygen atoms in total. The second-order valence-corrected chi connectivity index (χ2v) is 7.01. The van der Waals surface area contributed by atoms with Crippen LogP contribution in [0.15, 0.2) is 48.5 Å². The normalized spacial score (nSPS) is 17.5. The van der Waals surface area contributed by atoms with Crippen molar-refractivity contribution in [3.05, 3.63) is 59.7 Å². The molecule has 1 amide bonds. The van der Waals surface area contributed by atoms with Gasteiger partial charge in [-0.15, -0.1) is 0 Å². The Morgan fingerprint density at radius 2 is 1.82 bits per heavy atom. The van der Waals surface area contributed by atoms with Crippen molar-refractivity contribution >= 4 is 5.91 Å². The quantitative estimate of drug-likeness (QED) is 0.767. The number of amides is 1. The zero-order valence-corrected chi connectivity index (χ0v) is 16.3. The van der Waals surface area contributed by atoms with E-state index in [9.17, 15) is 15.0 Å². The van der Waals surface area contributed by atoms with Gasteiger partial charge in [0.2, 0.25) is 0 Å². The van der Waals surface area contributed by atoms with E-state index in [1.54, 1.807) is 12.1 Å². The van der Waals surface area contributed by atoms with Gasteiger partial charge in [0.1, 0.15) is 11.5 Å². The number of benzene rings is 2. The van der Waals surface area contributed by atoms with Crippen LogP contribution >= 0.6 is 0 Å². The van der Waals surface area contributed by atoms with E-state index in [1.807, 2.05) is 24.0 Å². The highest BCUT2D eigenvalue weighted by molar-refractivity contribution is 5.94. The highest BCUT2D eigenvalue weighted by atomic mass is 16.5. The van der Waals surface area contributed by atoms with Gasteiger partial charge in [0.05, 0.1) is 6.61 Å². The summed E-state index contributed by atoms with van der Waals surface area (Å²) in [5.74, 6) is 0.973. The maximum atomic E-state index is 12.8. The van der Waals surface area contributed by atoms with E-state index in [-0.39, 0.29) is 24.3 Å². The zero-order valence-electron chi connectivity index (χ0n) is 16.3. The number of ether oxygens (including phenoxy) is 1. The Bertz CT molecular complexity index is 761. The first kappa shape index (κ1) is 20.2. The Hall–Kier alpha value is -2.57. The van der Waals surface area contributed by atoms with Crippen LogP contribution < -0.4 is 4.74 Å². The molecule has 0 saturated carbocycles. The van der Waals surface area contributed by atoms with Crippen LogP contribution in [0.5, 0.6) is 11.5 Å². The number of aliphatic hydroxyl groups excluding tert-OH is 1. The number of rotatable bonds is 7. The van der Waals surface area contributed by atoms with Crippen LogP contribution in [0.1, 0.15) is 29.3 Å². The summed E-state index contributed by atoms with van der Waals surface area (Å²) >= 11 is 0. The van der Waals surface area contributed by atoms with Gasteiger partial charge in [0, 0.05) is 44.4 Å². The predicted octanol–water partition coefficient (Wildman–Crippen LogP) is 2.50. The summed E-state index contributed by atoms with van der Waals surface area (Å²) in [6.07, 6.45) is 0.621. The highest BCUT2D eigenvalue weighted by Gasteiger charge is 2.29. The maximum Gasteiger partial charge on any atom is 0.253 e. The number of aromatic hydroxyl groups is 1. The molecule has 0 radical (unpaired) electrons. The molecule has 0 aromatic heterocycles. The average molecular weight is 384 g/mol. The minimum Gasteiger partial charge on any atom is -0.508 e.